The highest BCUT2D eigenvalue weighted by molar-refractivity contribution is 9.12. The van der Waals surface area contributed by atoms with Crippen LogP contribution in [0.25, 0.3) is 22.8 Å². The standard InChI is InChI=1S/C19H11Br2F6N3O2/c20-13(17(31)32)14(21)30-16(10-6-2-4-8-12(10)19(25,26)27)28-15(29-30)9-5-1-3-7-11(9)18(22,23)24/h1-8,13-14H,(H,31,32). The van der Waals surface area contributed by atoms with Gasteiger partial charge >= 0.3 is 18.3 Å². The van der Waals surface area contributed by atoms with Gasteiger partial charge in [-0.15, -0.1) is 5.10 Å². The summed E-state index contributed by atoms with van der Waals surface area (Å²) in [7, 11) is 0. The Morgan fingerprint density at radius 3 is 1.84 bits per heavy atom. The van der Waals surface area contributed by atoms with Crippen molar-refractivity contribution in [2.24, 2.45) is 0 Å². The zero-order valence-corrected chi connectivity index (χ0v) is 18.7. The summed E-state index contributed by atoms with van der Waals surface area (Å²) in [5, 5.41) is 13.2. The first-order chi connectivity index (χ1) is 14.8. The molecule has 2 atom stereocenters. The van der Waals surface area contributed by atoms with Crippen molar-refractivity contribution in [2.45, 2.75) is 22.1 Å². The minimum absolute atomic E-state index is 0.461. The van der Waals surface area contributed by atoms with Gasteiger partial charge in [0.2, 0.25) is 0 Å². The Morgan fingerprint density at radius 1 is 0.875 bits per heavy atom. The van der Waals surface area contributed by atoms with Gasteiger partial charge in [0, 0.05) is 11.1 Å². The Morgan fingerprint density at radius 2 is 1.34 bits per heavy atom. The van der Waals surface area contributed by atoms with Crippen LogP contribution in [0.15, 0.2) is 48.5 Å². The number of nitrogens with zero attached hydrogens (tertiary/aromatic N) is 3. The number of carboxylic acids is 1. The third-order valence-electron chi connectivity index (χ3n) is 4.29. The molecule has 3 rings (SSSR count). The molecule has 13 heteroatoms. The summed E-state index contributed by atoms with van der Waals surface area (Å²) in [6.45, 7) is 0. The molecule has 0 aliphatic rings. The summed E-state index contributed by atoms with van der Waals surface area (Å²) in [5.74, 6) is -2.36. The van der Waals surface area contributed by atoms with Crippen LogP contribution >= 0.6 is 31.9 Å². The van der Waals surface area contributed by atoms with Crippen LogP contribution in [-0.2, 0) is 17.1 Å². The van der Waals surface area contributed by atoms with Crippen LogP contribution < -0.4 is 0 Å². The highest BCUT2D eigenvalue weighted by Crippen LogP contribution is 2.41. The maximum Gasteiger partial charge on any atom is 0.417 e. The van der Waals surface area contributed by atoms with Gasteiger partial charge in [-0.2, -0.15) is 26.3 Å². The molecule has 170 valence electrons. The predicted molar refractivity (Wildman–Crippen MR) is 109 cm³/mol. The summed E-state index contributed by atoms with van der Waals surface area (Å²) in [6.07, 6.45) is -9.58. The number of carbonyl (C=O) groups is 1. The number of aliphatic carboxylic acids is 1. The molecule has 5 nitrogen and oxygen atoms in total. The van der Waals surface area contributed by atoms with Gasteiger partial charge in [-0.3, -0.25) is 4.79 Å². The fourth-order valence-corrected chi connectivity index (χ4v) is 3.62. The fourth-order valence-electron chi connectivity index (χ4n) is 2.89. The number of rotatable bonds is 5. The van der Waals surface area contributed by atoms with E-state index in [0.29, 0.717) is 0 Å². The molecule has 0 saturated carbocycles. The lowest BCUT2D eigenvalue weighted by molar-refractivity contribution is -0.138. The van der Waals surface area contributed by atoms with Crippen molar-refractivity contribution < 1.29 is 36.2 Å². The van der Waals surface area contributed by atoms with Crippen molar-refractivity contribution >= 4 is 37.8 Å². The molecule has 0 aliphatic heterocycles. The molecule has 1 aromatic heterocycles. The number of benzene rings is 2. The number of carboxylic acid groups (broad SMARTS) is 1. The highest BCUT2D eigenvalue weighted by Gasteiger charge is 2.38. The Bertz CT molecular complexity index is 1150. The third-order valence-corrected chi connectivity index (χ3v) is 6.81. The molecular formula is C19H11Br2F6N3O2. The average Bonchev–Trinajstić information content (AvgIpc) is 3.16. The molecule has 0 amide bonds. The minimum Gasteiger partial charge on any atom is -0.480 e. The lowest BCUT2D eigenvalue weighted by Crippen LogP contribution is -2.24. The van der Waals surface area contributed by atoms with Crippen LogP contribution in [0.2, 0.25) is 0 Å². The van der Waals surface area contributed by atoms with Crippen molar-refractivity contribution in [1.82, 2.24) is 14.8 Å². The molecule has 0 fully saturated rings. The maximum atomic E-state index is 13.6. The first-order valence-corrected chi connectivity index (χ1v) is 10.5. The zero-order valence-electron chi connectivity index (χ0n) is 15.5. The molecule has 2 unspecified atom stereocenters. The van der Waals surface area contributed by atoms with Crippen molar-refractivity contribution in [1.29, 1.82) is 0 Å². The second-order valence-corrected chi connectivity index (χ2v) is 8.33. The molecule has 0 aliphatic carbocycles. The molecule has 0 spiro atoms. The molecule has 1 N–H and O–H groups in total. The Balaban J connectivity index is 2.31. The highest BCUT2D eigenvalue weighted by atomic mass is 79.9. The summed E-state index contributed by atoms with van der Waals surface area (Å²) in [4.78, 5) is 12.7. The van der Waals surface area contributed by atoms with Crippen molar-refractivity contribution in [3.05, 3.63) is 59.7 Å². The van der Waals surface area contributed by atoms with E-state index in [1.54, 1.807) is 0 Å². The van der Waals surface area contributed by atoms with Gasteiger partial charge in [0.15, 0.2) is 11.6 Å². The number of aromatic nitrogens is 3. The number of hydrogen-bond donors (Lipinski definition) is 1. The molecule has 3 aromatic rings. The van der Waals surface area contributed by atoms with Crippen LogP contribution in [-0.4, -0.2) is 30.7 Å². The molecule has 1 heterocycles. The predicted octanol–water partition coefficient (Wildman–Crippen LogP) is 6.39. The van der Waals surface area contributed by atoms with Gasteiger partial charge in [-0.05, 0) is 12.1 Å². The molecular weight excluding hydrogens is 576 g/mol. The van der Waals surface area contributed by atoms with E-state index in [-0.39, 0.29) is 0 Å². The molecule has 2 aromatic carbocycles. The van der Waals surface area contributed by atoms with E-state index < -0.39 is 62.0 Å². The quantitative estimate of drug-likeness (QED) is 0.278. The number of hydrogen-bond acceptors (Lipinski definition) is 3. The molecule has 0 bridgehead atoms. The summed E-state index contributed by atoms with van der Waals surface area (Å²) < 4.78 is 82.0. The monoisotopic (exact) mass is 585 g/mol. The van der Waals surface area contributed by atoms with E-state index in [4.69, 9.17) is 0 Å². The van der Waals surface area contributed by atoms with Crippen molar-refractivity contribution in [2.75, 3.05) is 0 Å². The SMILES string of the molecule is O=C(O)C(Br)C(Br)n1nc(-c2ccccc2C(F)(F)F)nc1-c1ccccc1C(F)(F)F. The van der Waals surface area contributed by atoms with E-state index in [9.17, 15) is 36.2 Å². The van der Waals surface area contributed by atoms with Crippen LogP contribution in [0.4, 0.5) is 26.3 Å². The first-order valence-electron chi connectivity index (χ1n) is 8.63. The van der Waals surface area contributed by atoms with E-state index in [2.05, 4.69) is 41.9 Å². The third kappa shape index (κ3) is 4.82. The Labute approximate surface area is 193 Å². The van der Waals surface area contributed by atoms with E-state index >= 15 is 0 Å². The Kier molecular flexibility index (Phi) is 6.70. The van der Waals surface area contributed by atoms with Gasteiger partial charge in [-0.25, -0.2) is 9.67 Å². The first kappa shape index (κ1) is 24.2. The summed E-state index contributed by atoms with van der Waals surface area (Å²) in [6, 6.07) is 8.60. The summed E-state index contributed by atoms with van der Waals surface area (Å²) >= 11 is 5.93. The van der Waals surface area contributed by atoms with Gasteiger partial charge in [-0.1, -0.05) is 68.3 Å². The average molecular weight is 587 g/mol. The van der Waals surface area contributed by atoms with E-state index in [0.717, 1.165) is 41.1 Å². The lowest BCUT2D eigenvalue weighted by atomic mass is 10.1. The fraction of sp³-hybridized carbons (Fsp3) is 0.211. The van der Waals surface area contributed by atoms with Crippen LogP contribution in [0.5, 0.6) is 0 Å². The van der Waals surface area contributed by atoms with Gasteiger partial charge in [0.25, 0.3) is 0 Å². The van der Waals surface area contributed by atoms with Crippen LogP contribution in [0.1, 0.15) is 16.1 Å². The topological polar surface area (TPSA) is 68.0 Å². The van der Waals surface area contributed by atoms with Crippen molar-refractivity contribution in [3.8, 4) is 22.8 Å². The second-order valence-electron chi connectivity index (χ2n) is 6.40. The Hall–Kier alpha value is -2.41. The van der Waals surface area contributed by atoms with Gasteiger partial charge in [0.05, 0.1) is 11.1 Å². The molecule has 0 radical (unpaired) electrons. The molecule has 0 saturated heterocycles. The van der Waals surface area contributed by atoms with E-state index in [1.807, 2.05) is 0 Å². The minimum atomic E-state index is -4.81. The number of alkyl halides is 8. The lowest BCUT2D eigenvalue weighted by Gasteiger charge is -2.17. The number of halogens is 8. The smallest absolute Gasteiger partial charge is 0.417 e. The van der Waals surface area contributed by atoms with Crippen LogP contribution in [0.3, 0.4) is 0 Å². The van der Waals surface area contributed by atoms with Gasteiger partial charge < -0.3 is 5.11 Å². The summed E-state index contributed by atoms with van der Waals surface area (Å²) in [5.41, 5.74) is -3.14. The maximum absolute atomic E-state index is 13.6. The normalized spacial score (nSPS) is 14.2. The van der Waals surface area contributed by atoms with Crippen LogP contribution in [0, 0.1) is 0 Å². The van der Waals surface area contributed by atoms with Crippen molar-refractivity contribution in [3.63, 3.8) is 0 Å². The zero-order chi connectivity index (χ0) is 23.8. The van der Waals surface area contributed by atoms with Gasteiger partial charge in [0.1, 0.15) is 9.78 Å². The molecule has 32 heavy (non-hydrogen) atoms. The van der Waals surface area contributed by atoms with E-state index in [1.165, 1.54) is 12.1 Å². The second kappa shape index (κ2) is 8.85. The largest absolute Gasteiger partial charge is 0.480 e.